The Labute approximate surface area is 203 Å². The molecule has 0 saturated heterocycles. The van der Waals surface area contributed by atoms with Gasteiger partial charge in [-0.3, -0.25) is 9.10 Å². The second kappa shape index (κ2) is 10.5. The Morgan fingerprint density at radius 1 is 0.912 bits per heavy atom. The van der Waals surface area contributed by atoms with Crippen molar-refractivity contribution in [2.45, 2.75) is 10.6 Å². The van der Waals surface area contributed by atoms with Crippen molar-refractivity contribution in [1.29, 1.82) is 0 Å². The monoisotopic (exact) mass is 492 g/mol. The first-order chi connectivity index (χ1) is 16.4. The molecule has 0 spiro atoms. The van der Waals surface area contributed by atoms with Gasteiger partial charge in [0.15, 0.2) is 6.61 Å². The minimum absolute atomic E-state index is 0.164. The Morgan fingerprint density at radius 2 is 1.62 bits per heavy atom. The lowest BCUT2D eigenvalue weighted by Crippen LogP contribution is -2.25. The highest BCUT2D eigenvalue weighted by Crippen LogP contribution is 2.26. The van der Waals surface area contributed by atoms with Crippen LogP contribution in [-0.4, -0.2) is 28.0 Å². The van der Waals surface area contributed by atoms with Crippen molar-refractivity contribution in [2.75, 3.05) is 23.3 Å². The number of benzene rings is 3. The summed E-state index contributed by atoms with van der Waals surface area (Å²) >= 11 is 1.17. The Bertz CT molecular complexity index is 1340. The van der Waals surface area contributed by atoms with E-state index in [2.05, 4.69) is 17.4 Å². The molecule has 4 aromatic rings. The normalized spacial score (nSPS) is 11.1. The molecule has 0 aliphatic carbocycles. The molecule has 6 nitrogen and oxygen atoms in total. The Balaban J connectivity index is 1.35. The smallest absolute Gasteiger partial charge is 0.273 e. The minimum atomic E-state index is -3.60. The van der Waals surface area contributed by atoms with Crippen LogP contribution < -0.4 is 14.4 Å². The van der Waals surface area contributed by atoms with Gasteiger partial charge in [0.05, 0.1) is 5.69 Å². The van der Waals surface area contributed by atoms with Gasteiger partial charge in [-0.2, -0.15) is 0 Å². The molecule has 0 aliphatic rings. The van der Waals surface area contributed by atoms with Crippen LogP contribution >= 0.6 is 11.3 Å². The number of amides is 1. The lowest BCUT2D eigenvalue weighted by atomic mass is 10.0. The third-order valence-electron chi connectivity index (χ3n) is 5.21. The molecular formula is C26H24N2O4S2. The molecular weight excluding hydrogens is 468 g/mol. The highest BCUT2D eigenvalue weighted by Gasteiger charge is 2.22. The number of sulfonamides is 1. The fourth-order valence-corrected chi connectivity index (χ4v) is 5.74. The topological polar surface area (TPSA) is 75.7 Å². The number of para-hydroxylation sites is 1. The van der Waals surface area contributed by atoms with Gasteiger partial charge in [0.1, 0.15) is 9.96 Å². The Morgan fingerprint density at radius 3 is 2.32 bits per heavy atom. The Hall–Kier alpha value is -3.62. The average Bonchev–Trinajstić information content (AvgIpc) is 3.41. The summed E-state index contributed by atoms with van der Waals surface area (Å²) in [4.78, 5) is 12.5. The van der Waals surface area contributed by atoms with E-state index >= 15 is 0 Å². The van der Waals surface area contributed by atoms with Crippen LogP contribution in [0.3, 0.4) is 0 Å². The van der Waals surface area contributed by atoms with E-state index in [1.54, 1.807) is 41.8 Å². The van der Waals surface area contributed by atoms with Crippen LogP contribution in [0.2, 0.25) is 0 Å². The summed E-state index contributed by atoms with van der Waals surface area (Å²) < 4.78 is 32.4. The molecule has 1 N–H and O–H groups in total. The Kier molecular flexibility index (Phi) is 7.30. The number of hydrogen-bond acceptors (Lipinski definition) is 5. The maximum absolute atomic E-state index is 12.7. The zero-order chi connectivity index (χ0) is 24.0. The first-order valence-electron chi connectivity index (χ1n) is 10.6. The molecule has 3 aromatic carbocycles. The molecule has 4 rings (SSSR count). The van der Waals surface area contributed by atoms with Crippen LogP contribution in [-0.2, 0) is 21.2 Å². The van der Waals surface area contributed by atoms with Crippen molar-refractivity contribution in [3.63, 3.8) is 0 Å². The van der Waals surface area contributed by atoms with Crippen LogP contribution in [0.1, 0.15) is 11.1 Å². The third kappa shape index (κ3) is 5.65. The highest BCUT2D eigenvalue weighted by atomic mass is 32.2. The van der Waals surface area contributed by atoms with Crippen molar-refractivity contribution in [2.24, 2.45) is 0 Å². The van der Waals surface area contributed by atoms with Gasteiger partial charge < -0.3 is 10.1 Å². The summed E-state index contributed by atoms with van der Waals surface area (Å²) in [6.45, 7) is -0.164. The van der Waals surface area contributed by atoms with Crippen LogP contribution in [0, 0.1) is 0 Å². The largest absolute Gasteiger partial charge is 0.484 e. The molecule has 0 saturated carbocycles. The molecule has 0 fully saturated rings. The molecule has 1 amide bonds. The number of carbonyl (C=O) groups excluding carboxylic acids is 1. The van der Waals surface area contributed by atoms with E-state index in [0.717, 1.165) is 16.8 Å². The van der Waals surface area contributed by atoms with Crippen molar-refractivity contribution >= 4 is 38.6 Å². The van der Waals surface area contributed by atoms with Crippen molar-refractivity contribution in [1.82, 2.24) is 0 Å². The highest BCUT2D eigenvalue weighted by molar-refractivity contribution is 7.94. The number of hydrogen-bond donors (Lipinski definition) is 1. The van der Waals surface area contributed by atoms with Crippen molar-refractivity contribution in [3.05, 3.63) is 108 Å². The van der Waals surface area contributed by atoms with Crippen LogP contribution in [0.15, 0.2) is 101 Å². The summed E-state index contributed by atoms with van der Waals surface area (Å²) in [7, 11) is -2.10. The second-order valence-corrected chi connectivity index (χ2v) is 10.7. The maximum atomic E-state index is 12.7. The lowest BCUT2D eigenvalue weighted by molar-refractivity contribution is -0.118. The minimum Gasteiger partial charge on any atom is -0.484 e. The first-order valence-corrected chi connectivity index (χ1v) is 12.9. The summed E-state index contributed by atoms with van der Waals surface area (Å²) in [6.07, 6.45) is 0.710. The first kappa shape index (κ1) is 23.5. The second-order valence-electron chi connectivity index (χ2n) is 7.55. The average molecular weight is 493 g/mol. The van der Waals surface area contributed by atoms with Crippen LogP contribution in [0.25, 0.3) is 0 Å². The van der Waals surface area contributed by atoms with E-state index in [4.69, 9.17) is 4.74 Å². The molecule has 174 valence electrons. The van der Waals surface area contributed by atoms with Crippen molar-refractivity contribution < 1.29 is 17.9 Å². The number of anilines is 2. The standard InChI is InChI=1S/C26H24N2O4S2/c1-28(34(30,31)26-12-7-17-33-26)22-13-15-23(16-14-22)32-19-25(29)27-24-11-6-5-10-21(24)18-20-8-3-2-4-9-20/h2-17H,18-19H2,1H3,(H,27,29). The number of rotatable bonds is 9. The van der Waals surface area contributed by atoms with Gasteiger partial charge in [-0.05, 0) is 59.3 Å². The fraction of sp³-hybridized carbons (Fsp3) is 0.115. The van der Waals surface area contributed by atoms with Gasteiger partial charge in [0.2, 0.25) is 0 Å². The predicted octanol–water partition coefficient (Wildman–Crippen LogP) is 5.18. The molecule has 0 radical (unpaired) electrons. The molecule has 0 bridgehead atoms. The zero-order valence-corrected chi connectivity index (χ0v) is 20.2. The lowest BCUT2D eigenvalue weighted by Gasteiger charge is -2.18. The van der Waals surface area contributed by atoms with Gasteiger partial charge in [-0.1, -0.05) is 54.6 Å². The molecule has 1 aromatic heterocycles. The summed E-state index contributed by atoms with van der Waals surface area (Å²) in [5.74, 6) is 0.195. The van der Waals surface area contributed by atoms with E-state index in [0.29, 0.717) is 17.9 Å². The van der Waals surface area contributed by atoms with E-state index in [-0.39, 0.29) is 16.7 Å². The SMILES string of the molecule is CN(c1ccc(OCC(=O)Nc2ccccc2Cc2ccccc2)cc1)S(=O)(=O)c1cccs1. The van der Waals surface area contributed by atoms with Crippen LogP contribution in [0.5, 0.6) is 5.75 Å². The predicted molar refractivity (Wildman–Crippen MR) is 136 cm³/mol. The van der Waals surface area contributed by atoms with Gasteiger partial charge in [0.25, 0.3) is 15.9 Å². The van der Waals surface area contributed by atoms with Gasteiger partial charge in [0, 0.05) is 12.7 Å². The fourth-order valence-electron chi connectivity index (χ4n) is 3.38. The molecule has 1 heterocycles. The number of ether oxygens (including phenoxy) is 1. The van der Waals surface area contributed by atoms with Gasteiger partial charge in [-0.25, -0.2) is 8.42 Å². The number of carbonyl (C=O) groups is 1. The number of thiophene rings is 1. The number of nitrogens with one attached hydrogen (secondary N) is 1. The van der Waals surface area contributed by atoms with E-state index < -0.39 is 10.0 Å². The molecule has 34 heavy (non-hydrogen) atoms. The van der Waals surface area contributed by atoms with E-state index in [1.165, 1.54) is 22.7 Å². The molecule has 8 heteroatoms. The molecule has 0 aliphatic heterocycles. The van der Waals surface area contributed by atoms with E-state index in [1.807, 2.05) is 42.5 Å². The van der Waals surface area contributed by atoms with Crippen LogP contribution in [0.4, 0.5) is 11.4 Å². The quantitative estimate of drug-likeness (QED) is 0.349. The third-order valence-corrected chi connectivity index (χ3v) is 8.37. The van der Waals surface area contributed by atoms with E-state index in [9.17, 15) is 13.2 Å². The summed E-state index contributed by atoms with van der Waals surface area (Å²) in [5.41, 5.74) is 3.42. The summed E-state index contributed by atoms with van der Waals surface area (Å²) in [5, 5.41) is 4.64. The maximum Gasteiger partial charge on any atom is 0.273 e. The number of nitrogens with zero attached hydrogens (tertiary/aromatic N) is 1. The van der Waals surface area contributed by atoms with Gasteiger partial charge in [-0.15, -0.1) is 11.3 Å². The zero-order valence-electron chi connectivity index (χ0n) is 18.5. The summed E-state index contributed by atoms with van der Waals surface area (Å²) in [6, 6.07) is 27.6. The molecule has 0 atom stereocenters. The van der Waals surface area contributed by atoms with Gasteiger partial charge >= 0.3 is 0 Å². The van der Waals surface area contributed by atoms with Crippen molar-refractivity contribution in [3.8, 4) is 5.75 Å². The molecule has 0 unspecified atom stereocenters.